The number of fused-ring (bicyclic) bond motifs is 3. The Kier molecular flexibility index (Phi) is 4.10. The van der Waals surface area contributed by atoms with E-state index in [0.29, 0.717) is 12.1 Å². The zero-order valence-corrected chi connectivity index (χ0v) is 14.3. The molecule has 3 aliphatic heterocycles. The van der Waals surface area contributed by atoms with E-state index in [4.69, 9.17) is 4.74 Å². The maximum atomic E-state index is 5.28. The van der Waals surface area contributed by atoms with E-state index in [2.05, 4.69) is 27.3 Å². The number of rotatable bonds is 4. The highest BCUT2D eigenvalue weighted by Crippen LogP contribution is 2.33. The number of piperidine rings is 3. The molecular weight excluding hydrogens is 300 g/mol. The van der Waals surface area contributed by atoms with Crippen LogP contribution < -0.4 is 10.1 Å². The molecule has 1 N–H and O–H groups in total. The van der Waals surface area contributed by atoms with Crippen molar-refractivity contribution in [2.75, 3.05) is 25.5 Å². The number of anilines is 1. The van der Waals surface area contributed by atoms with Crippen molar-refractivity contribution in [1.82, 2.24) is 15.1 Å². The van der Waals surface area contributed by atoms with Gasteiger partial charge in [-0.25, -0.2) is 0 Å². The molecule has 2 atom stereocenters. The molecule has 5 heteroatoms. The molecule has 1 aromatic carbocycles. The summed E-state index contributed by atoms with van der Waals surface area (Å²) in [6.45, 7) is 4.80. The van der Waals surface area contributed by atoms with Crippen molar-refractivity contribution in [2.45, 2.75) is 31.8 Å². The van der Waals surface area contributed by atoms with Gasteiger partial charge in [0.25, 0.3) is 0 Å². The minimum Gasteiger partial charge on any atom is -0.497 e. The summed E-state index contributed by atoms with van der Waals surface area (Å²) >= 11 is 0. The molecule has 3 aliphatic rings. The van der Waals surface area contributed by atoms with Gasteiger partial charge in [-0.3, -0.25) is 4.90 Å². The molecule has 5 rings (SSSR count). The number of nitrogens with zero attached hydrogens (tertiary/aromatic N) is 3. The summed E-state index contributed by atoms with van der Waals surface area (Å²) in [7, 11) is 1.67. The summed E-state index contributed by atoms with van der Waals surface area (Å²) in [6, 6.07) is 13.0. The highest BCUT2D eigenvalue weighted by molar-refractivity contribution is 5.61. The Morgan fingerprint density at radius 3 is 2.62 bits per heavy atom. The first-order valence-corrected chi connectivity index (χ1v) is 8.73. The van der Waals surface area contributed by atoms with Crippen molar-refractivity contribution in [3.8, 4) is 17.0 Å². The van der Waals surface area contributed by atoms with Crippen LogP contribution in [-0.4, -0.2) is 47.4 Å². The van der Waals surface area contributed by atoms with Gasteiger partial charge in [-0.2, -0.15) is 0 Å². The first-order valence-electron chi connectivity index (χ1n) is 8.73. The second-order valence-electron chi connectivity index (χ2n) is 6.82. The van der Waals surface area contributed by atoms with Crippen molar-refractivity contribution in [2.24, 2.45) is 5.92 Å². The van der Waals surface area contributed by atoms with E-state index in [9.17, 15) is 0 Å². The lowest BCUT2D eigenvalue weighted by Crippen LogP contribution is -2.59. The van der Waals surface area contributed by atoms with Gasteiger partial charge in [-0.15, -0.1) is 10.2 Å². The van der Waals surface area contributed by atoms with Crippen molar-refractivity contribution in [3.05, 3.63) is 36.4 Å². The average molecular weight is 324 g/mol. The summed E-state index contributed by atoms with van der Waals surface area (Å²) < 4.78 is 5.28. The van der Waals surface area contributed by atoms with E-state index in [1.165, 1.54) is 25.9 Å². The number of hydrogen-bond donors (Lipinski definition) is 1. The molecule has 0 aliphatic carbocycles. The molecule has 0 radical (unpaired) electrons. The lowest BCUT2D eigenvalue weighted by Gasteiger charge is -2.50. The van der Waals surface area contributed by atoms with Crippen LogP contribution in [-0.2, 0) is 0 Å². The van der Waals surface area contributed by atoms with Gasteiger partial charge in [-0.1, -0.05) is 12.1 Å². The maximum absolute atomic E-state index is 5.28. The van der Waals surface area contributed by atoms with E-state index >= 15 is 0 Å². The summed E-state index contributed by atoms with van der Waals surface area (Å²) in [6.07, 6.45) is 2.58. The Hall–Kier alpha value is -2.14. The third kappa shape index (κ3) is 2.84. The third-order valence-electron chi connectivity index (χ3n) is 5.52. The number of ether oxygens (including phenoxy) is 1. The molecule has 0 spiro atoms. The number of nitrogens with one attached hydrogen (secondary N) is 1. The van der Waals surface area contributed by atoms with Gasteiger partial charge in [0.15, 0.2) is 0 Å². The number of methoxy groups -OCH3 is 1. The third-order valence-corrected chi connectivity index (χ3v) is 5.52. The van der Waals surface area contributed by atoms with E-state index in [1.54, 1.807) is 7.11 Å². The van der Waals surface area contributed by atoms with Gasteiger partial charge >= 0.3 is 0 Å². The van der Waals surface area contributed by atoms with Crippen LogP contribution in [0.3, 0.4) is 0 Å². The highest BCUT2D eigenvalue weighted by atomic mass is 16.5. The maximum Gasteiger partial charge on any atom is 0.148 e. The molecule has 1 aromatic heterocycles. The summed E-state index contributed by atoms with van der Waals surface area (Å²) in [5.41, 5.74) is 1.88. The number of hydrogen-bond acceptors (Lipinski definition) is 5. The van der Waals surface area contributed by atoms with Gasteiger partial charge in [0.2, 0.25) is 0 Å². The topological polar surface area (TPSA) is 50.3 Å². The van der Waals surface area contributed by atoms with Gasteiger partial charge in [0.1, 0.15) is 11.6 Å². The summed E-state index contributed by atoms with van der Waals surface area (Å²) in [5.74, 6) is 2.45. The molecule has 0 saturated carbocycles. The highest BCUT2D eigenvalue weighted by Gasteiger charge is 2.39. The Bertz CT molecular complexity index is 693. The fourth-order valence-electron chi connectivity index (χ4n) is 4.06. The molecule has 3 saturated heterocycles. The predicted molar refractivity (Wildman–Crippen MR) is 95.2 cm³/mol. The van der Waals surface area contributed by atoms with Gasteiger partial charge in [0, 0.05) is 17.6 Å². The Morgan fingerprint density at radius 2 is 1.96 bits per heavy atom. The second kappa shape index (κ2) is 6.40. The molecule has 126 valence electrons. The molecule has 2 bridgehead atoms. The van der Waals surface area contributed by atoms with E-state index < -0.39 is 0 Å². The Balaban J connectivity index is 1.50. The van der Waals surface area contributed by atoms with Crippen LogP contribution in [0.5, 0.6) is 5.75 Å². The zero-order valence-electron chi connectivity index (χ0n) is 14.3. The molecule has 0 amide bonds. The predicted octanol–water partition coefficient (Wildman–Crippen LogP) is 3.05. The summed E-state index contributed by atoms with van der Waals surface area (Å²) in [5, 5.41) is 12.4. The van der Waals surface area contributed by atoms with E-state index in [-0.39, 0.29) is 0 Å². The quantitative estimate of drug-likeness (QED) is 0.937. The molecular formula is C19H24N4O. The average Bonchev–Trinajstić information content (AvgIpc) is 2.65. The van der Waals surface area contributed by atoms with Crippen LogP contribution in [0, 0.1) is 5.92 Å². The first kappa shape index (κ1) is 15.4. The SMILES string of the molecule is COc1cccc(-c2ccc(N[C@H]3C4CCN(CC4)[C@@H]3C)nn2)c1. The Morgan fingerprint density at radius 1 is 1.12 bits per heavy atom. The van der Waals surface area contributed by atoms with E-state index in [1.807, 2.05) is 36.4 Å². The van der Waals surface area contributed by atoms with Crippen LogP contribution >= 0.6 is 0 Å². The zero-order chi connectivity index (χ0) is 16.5. The molecule has 4 heterocycles. The molecule has 3 fully saturated rings. The molecule has 2 aromatic rings. The molecule has 5 nitrogen and oxygen atoms in total. The lowest BCUT2D eigenvalue weighted by molar-refractivity contribution is 0.0457. The standard InChI is InChI=1S/C19H24N4O/c1-13-19(14-8-10-23(13)11-9-14)20-18-7-6-17(21-22-18)15-4-3-5-16(12-15)24-2/h3-7,12-14,19H,8-11H2,1-2H3,(H,20,22)/t13-,19-/m1/s1. The fourth-order valence-corrected chi connectivity index (χ4v) is 4.06. The number of benzene rings is 1. The van der Waals surface area contributed by atoms with E-state index in [0.717, 1.165) is 28.7 Å². The van der Waals surface area contributed by atoms with Crippen LogP contribution in [0.1, 0.15) is 19.8 Å². The fraction of sp³-hybridized carbons (Fsp3) is 0.474. The minimum absolute atomic E-state index is 0.476. The monoisotopic (exact) mass is 324 g/mol. The van der Waals surface area contributed by atoms with Gasteiger partial charge < -0.3 is 10.1 Å². The molecule has 24 heavy (non-hydrogen) atoms. The van der Waals surface area contributed by atoms with Gasteiger partial charge in [-0.05, 0) is 63.0 Å². The van der Waals surface area contributed by atoms with Crippen LogP contribution in [0.25, 0.3) is 11.3 Å². The smallest absolute Gasteiger partial charge is 0.148 e. The van der Waals surface area contributed by atoms with Gasteiger partial charge in [0.05, 0.1) is 12.8 Å². The van der Waals surface area contributed by atoms with Crippen LogP contribution in [0.2, 0.25) is 0 Å². The van der Waals surface area contributed by atoms with Crippen molar-refractivity contribution >= 4 is 5.82 Å². The normalized spacial score (nSPS) is 28.6. The van der Waals surface area contributed by atoms with Crippen LogP contribution in [0.4, 0.5) is 5.82 Å². The molecule has 0 unspecified atom stereocenters. The van der Waals surface area contributed by atoms with Crippen molar-refractivity contribution in [3.63, 3.8) is 0 Å². The largest absolute Gasteiger partial charge is 0.497 e. The van der Waals surface area contributed by atoms with Crippen molar-refractivity contribution in [1.29, 1.82) is 0 Å². The first-order chi connectivity index (χ1) is 11.7. The Labute approximate surface area is 143 Å². The number of aromatic nitrogens is 2. The second-order valence-corrected chi connectivity index (χ2v) is 6.82. The lowest BCUT2D eigenvalue weighted by atomic mass is 9.79. The minimum atomic E-state index is 0.476. The van der Waals surface area contributed by atoms with Crippen LogP contribution in [0.15, 0.2) is 36.4 Å². The van der Waals surface area contributed by atoms with Crippen molar-refractivity contribution < 1.29 is 4.74 Å². The summed E-state index contributed by atoms with van der Waals surface area (Å²) in [4.78, 5) is 2.58.